The van der Waals surface area contributed by atoms with Gasteiger partial charge in [-0.05, 0) is 25.0 Å². The molecule has 7 nitrogen and oxygen atoms in total. The maximum atomic E-state index is 12.9. The highest BCUT2D eigenvalue weighted by atomic mass is 32.1. The average molecular weight is 382 g/mol. The van der Waals surface area contributed by atoms with E-state index < -0.39 is 5.60 Å². The maximum absolute atomic E-state index is 12.9. The number of amides is 2. The molecule has 1 fully saturated rings. The fourth-order valence-electron chi connectivity index (χ4n) is 3.34. The SMILES string of the molecule is O=C(c1cc2ccccc2[nH]1)N1CCc2nc(NC(=O)C3(O)CC3)sc2C1. The van der Waals surface area contributed by atoms with E-state index in [4.69, 9.17) is 0 Å². The zero-order valence-corrected chi connectivity index (χ0v) is 15.3. The Labute approximate surface area is 159 Å². The van der Waals surface area contributed by atoms with Gasteiger partial charge in [-0.2, -0.15) is 0 Å². The third kappa shape index (κ3) is 2.90. The van der Waals surface area contributed by atoms with Crippen molar-refractivity contribution >= 4 is 39.2 Å². The third-order valence-corrected chi connectivity index (χ3v) is 6.14. The van der Waals surface area contributed by atoms with Crippen LogP contribution in [0.15, 0.2) is 30.3 Å². The van der Waals surface area contributed by atoms with Crippen LogP contribution in [0.4, 0.5) is 5.13 Å². The van der Waals surface area contributed by atoms with Crippen LogP contribution in [-0.2, 0) is 17.8 Å². The van der Waals surface area contributed by atoms with Crippen LogP contribution in [0, 0.1) is 0 Å². The van der Waals surface area contributed by atoms with E-state index in [-0.39, 0.29) is 11.8 Å². The summed E-state index contributed by atoms with van der Waals surface area (Å²) in [6.07, 6.45) is 1.64. The van der Waals surface area contributed by atoms with Crippen molar-refractivity contribution in [1.82, 2.24) is 14.9 Å². The number of anilines is 1. The quantitative estimate of drug-likeness (QED) is 0.647. The summed E-state index contributed by atoms with van der Waals surface area (Å²) in [5.74, 6) is -0.428. The van der Waals surface area contributed by atoms with Gasteiger partial charge in [0, 0.05) is 28.7 Å². The zero-order chi connectivity index (χ0) is 18.6. The van der Waals surface area contributed by atoms with Crippen molar-refractivity contribution in [2.24, 2.45) is 0 Å². The van der Waals surface area contributed by atoms with Gasteiger partial charge in [0.2, 0.25) is 0 Å². The smallest absolute Gasteiger partial charge is 0.270 e. The molecule has 2 amide bonds. The minimum atomic E-state index is -1.22. The molecule has 27 heavy (non-hydrogen) atoms. The summed E-state index contributed by atoms with van der Waals surface area (Å²) in [4.78, 5) is 35.3. The number of para-hydroxylation sites is 1. The van der Waals surface area contributed by atoms with Crippen molar-refractivity contribution in [1.29, 1.82) is 0 Å². The van der Waals surface area contributed by atoms with Crippen molar-refractivity contribution < 1.29 is 14.7 Å². The van der Waals surface area contributed by atoms with Crippen LogP contribution in [0.5, 0.6) is 0 Å². The Kier molecular flexibility index (Phi) is 3.60. The molecule has 0 unspecified atom stereocenters. The standard InChI is InChI=1S/C19H18N4O3S/c24-16(14-9-11-3-1-2-4-12(11)20-14)23-8-5-13-15(10-23)27-18(21-13)22-17(25)19(26)6-7-19/h1-4,9,20,26H,5-8,10H2,(H,21,22,25). The van der Waals surface area contributed by atoms with Gasteiger partial charge in [0.15, 0.2) is 5.13 Å². The molecule has 8 heteroatoms. The molecule has 3 N–H and O–H groups in total. The largest absolute Gasteiger partial charge is 0.380 e. The molecular formula is C19H18N4O3S. The van der Waals surface area contributed by atoms with Crippen LogP contribution in [0.25, 0.3) is 10.9 Å². The number of nitrogens with zero attached hydrogens (tertiary/aromatic N) is 2. The number of carbonyl (C=O) groups is 2. The summed E-state index contributed by atoms with van der Waals surface area (Å²) < 4.78 is 0. The van der Waals surface area contributed by atoms with Gasteiger partial charge in [-0.25, -0.2) is 4.98 Å². The molecule has 0 radical (unpaired) electrons. The molecule has 1 aliphatic carbocycles. The molecule has 0 spiro atoms. The molecule has 0 atom stereocenters. The average Bonchev–Trinajstić information content (AvgIpc) is 3.12. The molecule has 1 saturated carbocycles. The topological polar surface area (TPSA) is 98.3 Å². The number of benzene rings is 1. The number of hydrogen-bond donors (Lipinski definition) is 3. The van der Waals surface area contributed by atoms with Crippen LogP contribution in [0.3, 0.4) is 0 Å². The second-order valence-corrected chi connectivity index (χ2v) is 8.21. The van der Waals surface area contributed by atoms with Crippen molar-refractivity contribution in [3.05, 3.63) is 46.6 Å². The van der Waals surface area contributed by atoms with Gasteiger partial charge in [-0.15, -0.1) is 0 Å². The monoisotopic (exact) mass is 382 g/mol. The van der Waals surface area contributed by atoms with Crippen molar-refractivity contribution in [3.8, 4) is 0 Å². The van der Waals surface area contributed by atoms with Crippen LogP contribution in [-0.4, -0.2) is 43.9 Å². The van der Waals surface area contributed by atoms with E-state index >= 15 is 0 Å². The maximum Gasteiger partial charge on any atom is 0.270 e. The molecule has 3 aromatic rings. The summed E-state index contributed by atoms with van der Waals surface area (Å²) in [5.41, 5.74) is 1.22. The Balaban J connectivity index is 1.33. The van der Waals surface area contributed by atoms with Crippen LogP contribution in [0.2, 0.25) is 0 Å². The number of aliphatic hydroxyl groups is 1. The van der Waals surface area contributed by atoms with Crippen LogP contribution < -0.4 is 5.32 Å². The Bertz CT molecular complexity index is 1030. The van der Waals surface area contributed by atoms with Crippen molar-refractivity contribution in [2.45, 2.75) is 31.4 Å². The summed E-state index contributed by atoms with van der Waals surface area (Å²) in [5, 5.41) is 14.1. The van der Waals surface area contributed by atoms with E-state index in [1.165, 1.54) is 11.3 Å². The van der Waals surface area contributed by atoms with Gasteiger partial charge in [0.25, 0.3) is 11.8 Å². The van der Waals surface area contributed by atoms with Gasteiger partial charge in [0.1, 0.15) is 11.3 Å². The van der Waals surface area contributed by atoms with Gasteiger partial charge >= 0.3 is 0 Å². The fourth-order valence-corrected chi connectivity index (χ4v) is 4.36. The molecular weight excluding hydrogens is 364 g/mol. The summed E-state index contributed by atoms with van der Waals surface area (Å²) >= 11 is 1.37. The number of aromatic amines is 1. The van der Waals surface area contributed by atoms with Crippen molar-refractivity contribution in [2.75, 3.05) is 11.9 Å². The Morgan fingerprint density at radius 3 is 2.89 bits per heavy atom. The zero-order valence-electron chi connectivity index (χ0n) is 14.5. The predicted molar refractivity (Wildman–Crippen MR) is 102 cm³/mol. The van der Waals surface area contributed by atoms with Crippen LogP contribution in [0.1, 0.15) is 33.9 Å². The van der Waals surface area contributed by atoms with Crippen LogP contribution >= 0.6 is 11.3 Å². The predicted octanol–water partition coefficient (Wildman–Crippen LogP) is 2.29. The second kappa shape index (κ2) is 5.90. The summed E-state index contributed by atoms with van der Waals surface area (Å²) in [7, 11) is 0. The number of hydrogen-bond acceptors (Lipinski definition) is 5. The first-order valence-electron chi connectivity index (χ1n) is 8.91. The first-order valence-corrected chi connectivity index (χ1v) is 9.73. The molecule has 0 saturated heterocycles. The van der Waals surface area contributed by atoms with E-state index in [0.29, 0.717) is 43.2 Å². The Morgan fingerprint density at radius 2 is 2.11 bits per heavy atom. The lowest BCUT2D eigenvalue weighted by Gasteiger charge is -2.25. The summed E-state index contributed by atoms with van der Waals surface area (Å²) in [6, 6.07) is 9.69. The first-order chi connectivity index (χ1) is 13.0. The van der Waals surface area contributed by atoms with E-state index in [0.717, 1.165) is 21.5 Å². The lowest BCUT2D eigenvalue weighted by molar-refractivity contribution is -0.125. The highest BCUT2D eigenvalue weighted by Crippen LogP contribution is 2.37. The molecule has 5 rings (SSSR count). The number of H-pyrrole nitrogens is 1. The minimum absolute atomic E-state index is 0.0388. The fraction of sp³-hybridized carbons (Fsp3) is 0.316. The molecule has 3 heterocycles. The highest BCUT2D eigenvalue weighted by molar-refractivity contribution is 7.15. The number of thiazole rings is 1. The number of rotatable bonds is 3. The lowest BCUT2D eigenvalue weighted by Crippen LogP contribution is -2.35. The molecule has 0 bridgehead atoms. The third-order valence-electron chi connectivity index (χ3n) is 5.15. The molecule has 2 aliphatic rings. The van der Waals surface area contributed by atoms with E-state index in [2.05, 4.69) is 15.3 Å². The highest BCUT2D eigenvalue weighted by Gasteiger charge is 2.48. The number of fused-ring (bicyclic) bond motifs is 2. The van der Waals surface area contributed by atoms with Gasteiger partial charge in [0.05, 0.1) is 12.2 Å². The van der Waals surface area contributed by atoms with E-state index in [1.54, 1.807) is 4.90 Å². The van der Waals surface area contributed by atoms with E-state index in [9.17, 15) is 14.7 Å². The normalized spacial score (nSPS) is 17.6. The van der Waals surface area contributed by atoms with Crippen molar-refractivity contribution in [3.63, 3.8) is 0 Å². The number of nitrogens with one attached hydrogen (secondary N) is 2. The van der Waals surface area contributed by atoms with Gasteiger partial charge in [-0.3, -0.25) is 14.9 Å². The van der Waals surface area contributed by atoms with Gasteiger partial charge in [-0.1, -0.05) is 29.5 Å². The second-order valence-electron chi connectivity index (χ2n) is 7.12. The first kappa shape index (κ1) is 16.5. The number of aromatic nitrogens is 2. The molecule has 1 aromatic carbocycles. The Morgan fingerprint density at radius 1 is 1.30 bits per heavy atom. The summed E-state index contributed by atoms with van der Waals surface area (Å²) in [6.45, 7) is 1.06. The van der Waals surface area contributed by atoms with Gasteiger partial charge < -0.3 is 15.0 Å². The molecule has 2 aromatic heterocycles. The minimum Gasteiger partial charge on any atom is -0.380 e. The Hall–Kier alpha value is -2.71. The molecule has 1 aliphatic heterocycles. The van der Waals surface area contributed by atoms with E-state index in [1.807, 2.05) is 30.3 Å². The number of carbonyl (C=O) groups excluding carboxylic acids is 2. The lowest BCUT2D eigenvalue weighted by atomic mass is 10.1. The molecule has 138 valence electrons.